The lowest BCUT2D eigenvalue weighted by Gasteiger charge is -2.27. The second kappa shape index (κ2) is 5.85. The Hall–Kier alpha value is -0.310. The Kier molecular flexibility index (Phi) is 5.03. The van der Waals surface area contributed by atoms with E-state index >= 15 is 0 Å². The van der Waals surface area contributed by atoms with Crippen molar-refractivity contribution in [2.75, 3.05) is 7.05 Å². The van der Waals surface area contributed by atoms with Crippen molar-refractivity contribution in [2.24, 2.45) is 5.92 Å². The molecule has 2 nitrogen and oxygen atoms in total. The molecule has 0 aliphatic rings. The Morgan fingerprint density at radius 3 is 2.31 bits per heavy atom. The third kappa shape index (κ3) is 3.09. The first kappa shape index (κ1) is 13.8. The van der Waals surface area contributed by atoms with E-state index in [1.807, 2.05) is 7.05 Å². The van der Waals surface area contributed by atoms with Crippen LogP contribution in [0.15, 0.2) is 12.3 Å². The zero-order valence-electron chi connectivity index (χ0n) is 10.1. The van der Waals surface area contributed by atoms with Gasteiger partial charge in [-0.05, 0) is 26.0 Å². The summed E-state index contributed by atoms with van der Waals surface area (Å²) in [7, 11) is 1.95. The molecule has 2 unspecified atom stereocenters. The van der Waals surface area contributed by atoms with Crippen LogP contribution in [-0.4, -0.2) is 18.1 Å². The lowest BCUT2D eigenvalue weighted by Crippen LogP contribution is -2.32. The van der Waals surface area contributed by atoms with Gasteiger partial charge >= 0.3 is 0 Å². The number of nitrogens with zero attached hydrogens (tertiary/aromatic N) is 1. The highest BCUT2D eigenvalue weighted by Crippen LogP contribution is 2.32. The fourth-order valence-electron chi connectivity index (χ4n) is 1.98. The maximum absolute atomic E-state index is 6.19. The summed E-state index contributed by atoms with van der Waals surface area (Å²) in [5, 5.41) is 4.48. The molecule has 0 bridgehead atoms. The van der Waals surface area contributed by atoms with Crippen LogP contribution >= 0.6 is 23.2 Å². The molecule has 1 aromatic rings. The SMILES string of the molecule is CNC(C)C(c1ncc(Cl)cc1Cl)C(C)C. The van der Waals surface area contributed by atoms with Crippen LogP contribution in [0.4, 0.5) is 0 Å². The molecular weight excluding hydrogens is 243 g/mol. The highest BCUT2D eigenvalue weighted by Gasteiger charge is 2.25. The van der Waals surface area contributed by atoms with Crippen molar-refractivity contribution in [3.8, 4) is 0 Å². The quantitative estimate of drug-likeness (QED) is 0.893. The van der Waals surface area contributed by atoms with E-state index in [1.54, 1.807) is 12.3 Å². The van der Waals surface area contributed by atoms with Crippen LogP contribution in [0.25, 0.3) is 0 Å². The number of aromatic nitrogens is 1. The van der Waals surface area contributed by atoms with Gasteiger partial charge in [-0.15, -0.1) is 0 Å². The van der Waals surface area contributed by atoms with Gasteiger partial charge in [-0.3, -0.25) is 4.98 Å². The van der Waals surface area contributed by atoms with Gasteiger partial charge in [0.2, 0.25) is 0 Å². The van der Waals surface area contributed by atoms with E-state index in [1.165, 1.54) is 0 Å². The van der Waals surface area contributed by atoms with Crippen molar-refractivity contribution in [3.05, 3.63) is 28.0 Å². The fraction of sp³-hybridized carbons (Fsp3) is 0.583. The van der Waals surface area contributed by atoms with E-state index in [0.29, 0.717) is 22.0 Å². The molecule has 0 aromatic carbocycles. The minimum atomic E-state index is 0.287. The standard InChI is InChI=1S/C12H18Cl2N2/c1-7(2)11(8(3)15-4)12-10(14)5-9(13)6-16-12/h5-8,11,15H,1-4H3. The minimum absolute atomic E-state index is 0.287. The minimum Gasteiger partial charge on any atom is -0.317 e. The van der Waals surface area contributed by atoms with Gasteiger partial charge in [0.1, 0.15) is 0 Å². The predicted molar refractivity (Wildman–Crippen MR) is 70.4 cm³/mol. The van der Waals surface area contributed by atoms with E-state index < -0.39 is 0 Å². The molecule has 0 radical (unpaired) electrons. The lowest BCUT2D eigenvalue weighted by atomic mass is 9.86. The summed E-state index contributed by atoms with van der Waals surface area (Å²) in [6, 6.07) is 2.08. The molecular formula is C12H18Cl2N2. The Bertz CT molecular complexity index is 353. The predicted octanol–water partition coefficient (Wildman–Crippen LogP) is 3.74. The molecule has 0 amide bonds. The van der Waals surface area contributed by atoms with Gasteiger partial charge in [-0.1, -0.05) is 37.0 Å². The zero-order valence-corrected chi connectivity index (χ0v) is 11.6. The van der Waals surface area contributed by atoms with Crippen molar-refractivity contribution < 1.29 is 0 Å². The highest BCUT2D eigenvalue weighted by molar-refractivity contribution is 6.34. The number of likely N-dealkylation sites (N-methyl/N-ethyl adjacent to an activating group) is 1. The highest BCUT2D eigenvalue weighted by atomic mass is 35.5. The zero-order chi connectivity index (χ0) is 12.3. The van der Waals surface area contributed by atoms with Gasteiger partial charge in [0.15, 0.2) is 0 Å². The van der Waals surface area contributed by atoms with Crippen LogP contribution in [0.2, 0.25) is 10.0 Å². The second-order valence-electron chi connectivity index (χ2n) is 4.37. The Morgan fingerprint density at radius 2 is 1.88 bits per heavy atom. The van der Waals surface area contributed by atoms with Gasteiger partial charge < -0.3 is 5.32 Å². The number of hydrogen-bond donors (Lipinski definition) is 1. The fourth-order valence-corrected chi connectivity index (χ4v) is 2.49. The average molecular weight is 261 g/mol. The maximum Gasteiger partial charge on any atom is 0.0639 e. The smallest absolute Gasteiger partial charge is 0.0639 e. The maximum atomic E-state index is 6.19. The second-order valence-corrected chi connectivity index (χ2v) is 5.21. The molecule has 1 rings (SSSR count). The van der Waals surface area contributed by atoms with Crippen molar-refractivity contribution in [3.63, 3.8) is 0 Å². The molecule has 1 aromatic heterocycles. The summed E-state index contributed by atoms with van der Waals surface area (Å²) in [5.41, 5.74) is 0.919. The molecule has 0 saturated carbocycles. The third-order valence-electron chi connectivity index (χ3n) is 2.86. The molecule has 0 aliphatic heterocycles. The Labute approximate surface area is 107 Å². The molecule has 4 heteroatoms. The molecule has 0 spiro atoms. The Balaban J connectivity index is 3.11. The molecule has 0 fully saturated rings. The number of halogens is 2. The first-order chi connectivity index (χ1) is 7.47. The third-order valence-corrected chi connectivity index (χ3v) is 3.37. The summed E-state index contributed by atoms with van der Waals surface area (Å²) in [5.74, 6) is 0.753. The average Bonchev–Trinajstić information content (AvgIpc) is 2.21. The summed E-state index contributed by atoms with van der Waals surface area (Å²) in [6.45, 7) is 6.48. The van der Waals surface area contributed by atoms with Gasteiger partial charge in [-0.2, -0.15) is 0 Å². The number of nitrogens with one attached hydrogen (secondary N) is 1. The summed E-state index contributed by atoms with van der Waals surface area (Å²) >= 11 is 12.0. The first-order valence-corrected chi connectivity index (χ1v) is 6.21. The van der Waals surface area contributed by atoms with E-state index in [0.717, 1.165) is 5.69 Å². The normalized spacial score (nSPS) is 15.2. The van der Waals surface area contributed by atoms with Crippen molar-refractivity contribution in [1.29, 1.82) is 0 Å². The van der Waals surface area contributed by atoms with Crippen LogP contribution in [0.5, 0.6) is 0 Å². The van der Waals surface area contributed by atoms with Crippen LogP contribution < -0.4 is 5.32 Å². The van der Waals surface area contributed by atoms with E-state index in [4.69, 9.17) is 23.2 Å². The van der Waals surface area contributed by atoms with Gasteiger partial charge in [0.25, 0.3) is 0 Å². The van der Waals surface area contributed by atoms with Gasteiger partial charge in [-0.25, -0.2) is 0 Å². The molecule has 2 atom stereocenters. The number of hydrogen-bond acceptors (Lipinski definition) is 2. The topological polar surface area (TPSA) is 24.9 Å². The van der Waals surface area contributed by atoms with E-state index in [2.05, 4.69) is 31.1 Å². The first-order valence-electron chi connectivity index (χ1n) is 5.45. The van der Waals surface area contributed by atoms with Crippen LogP contribution in [-0.2, 0) is 0 Å². The van der Waals surface area contributed by atoms with Crippen LogP contribution in [0, 0.1) is 5.92 Å². The van der Waals surface area contributed by atoms with Crippen molar-refractivity contribution >= 4 is 23.2 Å². The molecule has 90 valence electrons. The Morgan fingerprint density at radius 1 is 1.25 bits per heavy atom. The molecule has 0 aliphatic carbocycles. The summed E-state index contributed by atoms with van der Waals surface area (Å²) in [6.07, 6.45) is 1.65. The van der Waals surface area contributed by atoms with E-state index in [-0.39, 0.29) is 5.92 Å². The largest absolute Gasteiger partial charge is 0.317 e. The van der Waals surface area contributed by atoms with Crippen LogP contribution in [0.1, 0.15) is 32.4 Å². The van der Waals surface area contributed by atoms with Crippen molar-refractivity contribution in [2.45, 2.75) is 32.7 Å². The van der Waals surface area contributed by atoms with Gasteiger partial charge in [0, 0.05) is 18.2 Å². The van der Waals surface area contributed by atoms with E-state index in [9.17, 15) is 0 Å². The van der Waals surface area contributed by atoms with Crippen LogP contribution in [0.3, 0.4) is 0 Å². The summed E-state index contributed by atoms with van der Waals surface area (Å²) < 4.78 is 0. The molecule has 1 heterocycles. The van der Waals surface area contributed by atoms with Gasteiger partial charge in [0.05, 0.1) is 15.7 Å². The van der Waals surface area contributed by atoms with Crippen molar-refractivity contribution in [1.82, 2.24) is 10.3 Å². The lowest BCUT2D eigenvalue weighted by molar-refractivity contribution is 0.388. The number of pyridine rings is 1. The number of rotatable bonds is 4. The molecule has 1 N–H and O–H groups in total. The summed E-state index contributed by atoms with van der Waals surface area (Å²) in [4.78, 5) is 4.36. The molecule has 16 heavy (non-hydrogen) atoms. The monoisotopic (exact) mass is 260 g/mol. The molecule has 0 saturated heterocycles.